The number of alkyl halides is 3. The van der Waals surface area contributed by atoms with Crippen LogP contribution >= 0.6 is 0 Å². The summed E-state index contributed by atoms with van der Waals surface area (Å²) in [5.74, 6) is -2.59. The predicted octanol–water partition coefficient (Wildman–Crippen LogP) is 4.45. The molecule has 1 amide bonds. The van der Waals surface area contributed by atoms with Crippen LogP contribution in [0.15, 0.2) is 65.6 Å². The first-order valence-corrected chi connectivity index (χ1v) is 8.27. The summed E-state index contributed by atoms with van der Waals surface area (Å²) >= 11 is 0. The predicted molar refractivity (Wildman–Crippen MR) is 95.6 cm³/mol. The fraction of sp³-hybridized carbons (Fsp3) is 0.100. The van der Waals surface area contributed by atoms with Crippen molar-refractivity contribution in [3.63, 3.8) is 0 Å². The monoisotopic (exact) mass is 408 g/mol. The third-order valence-electron chi connectivity index (χ3n) is 4.08. The fourth-order valence-corrected chi connectivity index (χ4v) is 2.61. The number of carbonyl (C=O) groups is 1. The number of amides is 1. The SMILES string of the molecule is O=C(Nc1cc(F)ccc1F)c1cccn(Cc2ccc(C(F)(F)F)cc2)c1=O. The third kappa shape index (κ3) is 4.68. The van der Waals surface area contributed by atoms with Crippen molar-refractivity contribution in [1.29, 1.82) is 0 Å². The Bertz CT molecular complexity index is 1110. The minimum Gasteiger partial charge on any atom is -0.319 e. The molecule has 1 heterocycles. The molecule has 0 saturated heterocycles. The highest BCUT2D eigenvalue weighted by atomic mass is 19.4. The molecule has 0 atom stereocenters. The van der Waals surface area contributed by atoms with Crippen LogP contribution in [0.1, 0.15) is 21.5 Å². The molecule has 1 N–H and O–H groups in total. The lowest BCUT2D eigenvalue weighted by Gasteiger charge is -2.11. The molecular weight excluding hydrogens is 395 g/mol. The van der Waals surface area contributed by atoms with Gasteiger partial charge in [0.1, 0.15) is 17.2 Å². The van der Waals surface area contributed by atoms with Gasteiger partial charge in [0.2, 0.25) is 0 Å². The van der Waals surface area contributed by atoms with Gasteiger partial charge in [-0.25, -0.2) is 8.78 Å². The number of nitrogens with zero attached hydrogens (tertiary/aromatic N) is 1. The summed E-state index contributed by atoms with van der Waals surface area (Å²) < 4.78 is 65.9. The zero-order chi connectivity index (χ0) is 21.2. The maximum atomic E-state index is 13.7. The first kappa shape index (κ1) is 20.2. The van der Waals surface area contributed by atoms with Gasteiger partial charge in [-0.1, -0.05) is 12.1 Å². The van der Waals surface area contributed by atoms with E-state index in [1.807, 2.05) is 0 Å². The Labute approximate surface area is 161 Å². The molecule has 0 saturated carbocycles. The van der Waals surface area contributed by atoms with Gasteiger partial charge in [-0.3, -0.25) is 9.59 Å². The number of hydrogen-bond donors (Lipinski definition) is 1. The number of aromatic nitrogens is 1. The summed E-state index contributed by atoms with van der Waals surface area (Å²) in [7, 11) is 0. The van der Waals surface area contributed by atoms with Crippen molar-refractivity contribution in [1.82, 2.24) is 4.57 Å². The lowest BCUT2D eigenvalue weighted by molar-refractivity contribution is -0.137. The van der Waals surface area contributed by atoms with Crippen LogP contribution in [-0.2, 0) is 12.7 Å². The summed E-state index contributed by atoms with van der Waals surface area (Å²) in [5, 5.41) is 2.13. The van der Waals surface area contributed by atoms with Crippen LogP contribution in [0.25, 0.3) is 0 Å². The second-order valence-electron chi connectivity index (χ2n) is 6.13. The highest BCUT2D eigenvalue weighted by Gasteiger charge is 2.29. The van der Waals surface area contributed by atoms with E-state index in [1.165, 1.54) is 30.5 Å². The number of anilines is 1. The lowest BCUT2D eigenvalue weighted by Crippen LogP contribution is -2.29. The van der Waals surface area contributed by atoms with Gasteiger partial charge in [0.25, 0.3) is 11.5 Å². The van der Waals surface area contributed by atoms with Crippen molar-refractivity contribution < 1.29 is 26.7 Å². The number of nitrogens with one attached hydrogen (secondary N) is 1. The van der Waals surface area contributed by atoms with Crippen LogP contribution in [0.3, 0.4) is 0 Å². The summed E-state index contributed by atoms with van der Waals surface area (Å²) in [6, 6.07) is 9.32. The van der Waals surface area contributed by atoms with Crippen molar-refractivity contribution in [2.75, 3.05) is 5.32 Å². The standard InChI is InChI=1S/C20H13F5N2O2/c21-14-7-8-16(22)17(10-14)26-18(28)15-2-1-9-27(19(15)29)11-12-3-5-13(6-4-12)20(23,24)25/h1-10H,11H2,(H,26,28). The maximum Gasteiger partial charge on any atom is 0.416 e. The minimum absolute atomic E-state index is 0.0770. The first-order valence-electron chi connectivity index (χ1n) is 8.27. The second kappa shape index (κ2) is 7.86. The molecule has 0 aliphatic carbocycles. The van der Waals surface area contributed by atoms with Crippen molar-refractivity contribution in [2.24, 2.45) is 0 Å². The van der Waals surface area contributed by atoms with Crippen LogP contribution in [0.2, 0.25) is 0 Å². The number of benzene rings is 2. The van der Waals surface area contributed by atoms with Crippen molar-refractivity contribution in [3.05, 3.63) is 99.5 Å². The Morgan fingerprint density at radius 2 is 1.69 bits per heavy atom. The van der Waals surface area contributed by atoms with Crippen LogP contribution in [-0.4, -0.2) is 10.5 Å². The van der Waals surface area contributed by atoms with E-state index in [-0.39, 0.29) is 12.1 Å². The molecule has 3 rings (SSSR count). The molecule has 29 heavy (non-hydrogen) atoms. The van der Waals surface area contributed by atoms with E-state index in [0.29, 0.717) is 5.56 Å². The average molecular weight is 408 g/mol. The Kier molecular flexibility index (Phi) is 5.49. The first-order chi connectivity index (χ1) is 13.6. The van der Waals surface area contributed by atoms with Gasteiger partial charge in [0, 0.05) is 12.3 Å². The quantitative estimate of drug-likeness (QED) is 0.649. The molecule has 0 fully saturated rings. The van der Waals surface area contributed by atoms with Gasteiger partial charge in [-0.15, -0.1) is 0 Å². The third-order valence-corrected chi connectivity index (χ3v) is 4.08. The zero-order valence-corrected chi connectivity index (χ0v) is 14.6. The van der Waals surface area contributed by atoms with E-state index in [1.54, 1.807) is 0 Å². The highest BCUT2D eigenvalue weighted by molar-refractivity contribution is 6.04. The van der Waals surface area contributed by atoms with Crippen LogP contribution in [0.5, 0.6) is 0 Å². The van der Waals surface area contributed by atoms with E-state index in [0.717, 1.165) is 34.9 Å². The molecule has 3 aromatic rings. The molecule has 0 aliphatic rings. The Morgan fingerprint density at radius 3 is 2.34 bits per heavy atom. The molecular formula is C20H13F5N2O2. The molecule has 9 heteroatoms. The number of pyridine rings is 1. The molecule has 150 valence electrons. The lowest BCUT2D eigenvalue weighted by atomic mass is 10.1. The Morgan fingerprint density at radius 1 is 1.00 bits per heavy atom. The smallest absolute Gasteiger partial charge is 0.319 e. The number of hydrogen-bond acceptors (Lipinski definition) is 2. The zero-order valence-electron chi connectivity index (χ0n) is 14.6. The van der Waals surface area contributed by atoms with Crippen LogP contribution < -0.4 is 10.9 Å². The second-order valence-corrected chi connectivity index (χ2v) is 6.13. The topological polar surface area (TPSA) is 51.1 Å². The summed E-state index contributed by atoms with van der Waals surface area (Å²) in [4.78, 5) is 24.9. The normalized spacial score (nSPS) is 11.3. The molecule has 4 nitrogen and oxygen atoms in total. The largest absolute Gasteiger partial charge is 0.416 e. The summed E-state index contributed by atoms with van der Waals surface area (Å²) in [6.45, 7) is -0.0770. The van der Waals surface area contributed by atoms with Crippen molar-refractivity contribution in [3.8, 4) is 0 Å². The molecule has 0 bridgehead atoms. The molecule has 0 radical (unpaired) electrons. The fourth-order valence-electron chi connectivity index (χ4n) is 2.61. The van der Waals surface area contributed by atoms with Gasteiger partial charge >= 0.3 is 6.18 Å². The van der Waals surface area contributed by atoms with E-state index in [2.05, 4.69) is 5.32 Å². The Hall–Kier alpha value is -3.49. The van der Waals surface area contributed by atoms with E-state index in [9.17, 15) is 31.5 Å². The number of rotatable bonds is 4. The number of carbonyl (C=O) groups excluding carboxylic acids is 1. The molecule has 2 aromatic carbocycles. The summed E-state index contributed by atoms with van der Waals surface area (Å²) in [6.07, 6.45) is -3.11. The van der Waals surface area contributed by atoms with Crippen LogP contribution in [0.4, 0.5) is 27.6 Å². The molecule has 1 aromatic heterocycles. The molecule has 0 spiro atoms. The average Bonchev–Trinajstić information content (AvgIpc) is 2.66. The van der Waals surface area contributed by atoms with Crippen molar-refractivity contribution in [2.45, 2.75) is 12.7 Å². The van der Waals surface area contributed by atoms with E-state index < -0.39 is 40.5 Å². The van der Waals surface area contributed by atoms with E-state index >= 15 is 0 Å². The summed E-state index contributed by atoms with van der Waals surface area (Å²) in [5.41, 5.74) is -1.90. The highest BCUT2D eigenvalue weighted by Crippen LogP contribution is 2.29. The molecule has 0 unspecified atom stereocenters. The van der Waals surface area contributed by atoms with Gasteiger partial charge in [0.05, 0.1) is 17.8 Å². The molecule has 0 aliphatic heterocycles. The van der Waals surface area contributed by atoms with Gasteiger partial charge in [-0.05, 0) is 42.0 Å². The maximum absolute atomic E-state index is 13.7. The van der Waals surface area contributed by atoms with Gasteiger partial charge < -0.3 is 9.88 Å². The van der Waals surface area contributed by atoms with E-state index in [4.69, 9.17) is 0 Å². The van der Waals surface area contributed by atoms with Crippen molar-refractivity contribution >= 4 is 11.6 Å². The Balaban J connectivity index is 1.83. The van der Waals surface area contributed by atoms with Crippen LogP contribution in [0, 0.1) is 11.6 Å². The van der Waals surface area contributed by atoms with Gasteiger partial charge in [0.15, 0.2) is 0 Å². The number of halogens is 5. The minimum atomic E-state index is -4.47. The van der Waals surface area contributed by atoms with Gasteiger partial charge in [-0.2, -0.15) is 13.2 Å².